The van der Waals surface area contributed by atoms with E-state index in [4.69, 9.17) is 19.9 Å². The van der Waals surface area contributed by atoms with E-state index in [1.807, 2.05) is 11.9 Å². The molecule has 4 rings (SSSR count). The van der Waals surface area contributed by atoms with Gasteiger partial charge in [-0.25, -0.2) is 4.79 Å². The Hall–Kier alpha value is -2.39. The Bertz CT molecular complexity index is 802. The third kappa shape index (κ3) is 1.79. The zero-order valence-corrected chi connectivity index (χ0v) is 15.1. The molecule has 2 N–H and O–H groups in total. The molecule has 26 heavy (non-hydrogen) atoms. The van der Waals surface area contributed by atoms with Crippen molar-refractivity contribution in [2.45, 2.75) is 24.7 Å². The summed E-state index contributed by atoms with van der Waals surface area (Å²) in [7, 11) is 4.87. The van der Waals surface area contributed by atoms with E-state index in [1.165, 1.54) is 7.11 Å². The van der Waals surface area contributed by atoms with Gasteiger partial charge in [0.25, 0.3) is 0 Å². The van der Waals surface area contributed by atoms with Crippen molar-refractivity contribution in [3.63, 3.8) is 0 Å². The lowest BCUT2D eigenvalue weighted by Crippen LogP contribution is -2.55. The molecule has 0 aromatic carbocycles. The molecular formula is C17H21N3O6. The number of allylic oxidation sites excluding steroid dienone is 2. The number of carbonyl (C=O) groups is 3. The SMILES string of the molecule is COC1=C(C)C(=O)C2=C(C1=O)[C@@H](COC(N)=O)[C@]1(OC)[C@H]3[C@@H](CN21)N3C. The summed E-state index contributed by atoms with van der Waals surface area (Å²) in [5, 5.41) is 0. The monoisotopic (exact) mass is 363 g/mol. The summed E-state index contributed by atoms with van der Waals surface area (Å²) in [5.74, 6) is -1.25. The number of nitrogens with two attached hydrogens (primary N) is 1. The Balaban J connectivity index is 1.85. The van der Waals surface area contributed by atoms with Gasteiger partial charge < -0.3 is 24.8 Å². The molecule has 4 aliphatic rings. The Kier molecular flexibility index (Phi) is 3.48. The third-order valence-electron chi connectivity index (χ3n) is 6.10. The van der Waals surface area contributed by atoms with E-state index < -0.39 is 17.7 Å². The Morgan fingerprint density at radius 1 is 1.31 bits per heavy atom. The number of piperazine rings is 1. The van der Waals surface area contributed by atoms with Crippen molar-refractivity contribution in [3.8, 4) is 0 Å². The van der Waals surface area contributed by atoms with Crippen LogP contribution in [0.25, 0.3) is 0 Å². The average molecular weight is 363 g/mol. The van der Waals surface area contributed by atoms with Gasteiger partial charge in [-0.15, -0.1) is 0 Å². The molecule has 1 unspecified atom stereocenters. The number of primary amides is 1. The fourth-order valence-corrected chi connectivity index (χ4v) is 4.94. The van der Waals surface area contributed by atoms with Crippen molar-refractivity contribution in [1.82, 2.24) is 9.80 Å². The van der Waals surface area contributed by atoms with Crippen molar-refractivity contribution in [2.24, 2.45) is 11.7 Å². The molecule has 0 aromatic heterocycles. The first-order valence-electron chi connectivity index (χ1n) is 8.36. The zero-order valence-electron chi connectivity index (χ0n) is 15.1. The lowest BCUT2D eigenvalue weighted by Gasteiger charge is -2.40. The van der Waals surface area contributed by atoms with Crippen molar-refractivity contribution in [1.29, 1.82) is 0 Å². The van der Waals surface area contributed by atoms with Gasteiger partial charge in [0, 0.05) is 30.8 Å². The predicted octanol–water partition coefficient (Wildman–Crippen LogP) is -0.621. The van der Waals surface area contributed by atoms with Crippen LogP contribution in [0.2, 0.25) is 0 Å². The number of rotatable bonds is 4. The topological polar surface area (TPSA) is 111 Å². The minimum Gasteiger partial charge on any atom is -0.492 e. The predicted molar refractivity (Wildman–Crippen MR) is 87.6 cm³/mol. The van der Waals surface area contributed by atoms with Crippen LogP contribution in [0.3, 0.4) is 0 Å². The second-order valence-electron chi connectivity index (χ2n) is 7.01. The molecule has 0 aromatic rings. The minimum atomic E-state index is -0.950. The van der Waals surface area contributed by atoms with Gasteiger partial charge in [0.2, 0.25) is 11.6 Å². The molecule has 2 saturated heterocycles. The normalized spacial score (nSPS) is 37.6. The smallest absolute Gasteiger partial charge is 0.404 e. The third-order valence-corrected chi connectivity index (χ3v) is 6.10. The van der Waals surface area contributed by atoms with Gasteiger partial charge >= 0.3 is 6.09 Å². The first-order chi connectivity index (χ1) is 12.3. The van der Waals surface area contributed by atoms with Crippen LogP contribution in [0.15, 0.2) is 22.6 Å². The van der Waals surface area contributed by atoms with Crippen LogP contribution in [-0.4, -0.2) is 79.7 Å². The quantitative estimate of drug-likeness (QED) is 0.520. The average Bonchev–Trinajstić information content (AvgIpc) is 3.00. The van der Waals surface area contributed by atoms with E-state index in [2.05, 4.69) is 4.90 Å². The zero-order chi connectivity index (χ0) is 19.0. The molecule has 3 heterocycles. The maximum atomic E-state index is 13.1. The van der Waals surface area contributed by atoms with E-state index in [0.29, 0.717) is 12.2 Å². The van der Waals surface area contributed by atoms with Gasteiger partial charge in [-0.2, -0.15) is 0 Å². The first kappa shape index (κ1) is 17.0. The highest BCUT2D eigenvalue weighted by Gasteiger charge is 2.75. The number of methoxy groups -OCH3 is 2. The molecule has 2 fully saturated rings. The standard InChI is InChI=1S/C17H21N3O6/c1-7-12(21)11-10(13(22)14(7)24-3)8(6-26-16(18)23)17(25-4)15-9(19(15)2)5-20(11)17/h8-9,15H,5-6H2,1-4H3,(H2,18,23)/t8-,9-,15-,17+,19?/m1/s1. The van der Waals surface area contributed by atoms with Crippen LogP contribution in [0.4, 0.5) is 4.79 Å². The molecule has 5 atom stereocenters. The van der Waals surface area contributed by atoms with E-state index in [9.17, 15) is 14.4 Å². The molecule has 140 valence electrons. The fourth-order valence-electron chi connectivity index (χ4n) is 4.94. The fraction of sp³-hybridized carbons (Fsp3) is 0.588. The van der Waals surface area contributed by atoms with Gasteiger partial charge in [-0.1, -0.05) is 0 Å². The molecule has 0 spiro atoms. The largest absolute Gasteiger partial charge is 0.492 e. The van der Waals surface area contributed by atoms with Crippen LogP contribution in [0.1, 0.15) is 6.92 Å². The number of fused-ring (bicyclic) bond motifs is 4. The molecule has 0 bridgehead atoms. The summed E-state index contributed by atoms with van der Waals surface area (Å²) < 4.78 is 16.2. The number of ether oxygens (including phenoxy) is 3. The van der Waals surface area contributed by atoms with Crippen LogP contribution < -0.4 is 5.73 Å². The van der Waals surface area contributed by atoms with E-state index >= 15 is 0 Å². The van der Waals surface area contributed by atoms with Gasteiger partial charge in [-0.05, 0) is 14.0 Å². The number of nitrogens with zero attached hydrogens (tertiary/aromatic N) is 2. The van der Waals surface area contributed by atoms with E-state index in [-0.39, 0.29) is 47.2 Å². The molecule has 1 amide bonds. The molecular weight excluding hydrogens is 342 g/mol. The maximum Gasteiger partial charge on any atom is 0.404 e. The number of amides is 1. The summed E-state index contributed by atoms with van der Waals surface area (Å²) in [4.78, 5) is 41.3. The Morgan fingerprint density at radius 2 is 2.00 bits per heavy atom. The highest BCUT2D eigenvalue weighted by atomic mass is 16.6. The molecule has 0 radical (unpaired) electrons. The summed E-state index contributed by atoms with van der Waals surface area (Å²) >= 11 is 0. The maximum absolute atomic E-state index is 13.1. The van der Waals surface area contributed by atoms with Crippen molar-refractivity contribution < 1.29 is 28.6 Å². The van der Waals surface area contributed by atoms with Crippen LogP contribution in [0.5, 0.6) is 0 Å². The molecule has 3 aliphatic heterocycles. The van der Waals surface area contributed by atoms with E-state index in [1.54, 1.807) is 14.0 Å². The highest BCUT2D eigenvalue weighted by Crippen LogP contribution is 2.59. The first-order valence-corrected chi connectivity index (χ1v) is 8.36. The summed E-state index contributed by atoms with van der Waals surface area (Å²) in [6, 6.07) is 0.211. The summed E-state index contributed by atoms with van der Waals surface area (Å²) in [6.45, 7) is 1.99. The molecule has 0 saturated carbocycles. The molecule has 9 nitrogen and oxygen atoms in total. The minimum absolute atomic E-state index is 0.00789. The lowest BCUT2D eigenvalue weighted by molar-refractivity contribution is -0.144. The number of hydrogen-bond donors (Lipinski definition) is 1. The second-order valence-corrected chi connectivity index (χ2v) is 7.01. The Labute approximate surface area is 150 Å². The van der Waals surface area contributed by atoms with Crippen LogP contribution in [0, 0.1) is 5.92 Å². The van der Waals surface area contributed by atoms with Crippen molar-refractivity contribution >= 4 is 17.7 Å². The summed E-state index contributed by atoms with van der Waals surface area (Å²) in [6.07, 6.45) is -0.941. The lowest BCUT2D eigenvalue weighted by atomic mass is 9.83. The molecule has 1 aliphatic carbocycles. The van der Waals surface area contributed by atoms with Gasteiger partial charge in [0.1, 0.15) is 6.61 Å². The number of likely N-dealkylation sites (N-methyl/N-ethyl adjacent to an activating group) is 1. The van der Waals surface area contributed by atoms with Crippen LogP contribution in [-0.2, 0) is 23.8 Å². The number of ketones is 2. The van der Waals surface area contributed by atoms with Gasteiger partial charge in [0.15, 0.2) is 11.5 Å². The van der Waals surface area contributed by atoms with Crippen molar-refractivity contribution in [2.75, 3.05) is 34.4 Å². The number of carbonyl (C=O) groups excluding carboxylic acids is 3. The van der Waals surface area contributed by atoms with Gasteiger partial charge in [-0.3, -0.25) is 14.5 Å². The van der Waals surface area contributed by atoms with Crippen molar-refractivity contribution in [3.05, 3.63) is 22.6 Å². The number of hydrogen-bond acceptors (Lipinski definition) is 8. The highest BCUT2D eigenvalue weighted by molar-refractivity contribution is 6.25. The molecule has 9 heteroatoms. The van der Waals surface area contributed by atoms with Crippen LogP contribution >= 0.6 is 0 Å². The van der Waals surface area contributed by atoms with E-state index in [0.717, 1.165) is 0 Å². The second kappa shape index (κ2) is 5.31. The van der Waals surface area contributed by atoms with Gasteiger partial charge in [0.05, 0.1) is 24.8 Å². The summed E-state index contributed by atoms with van der Waals surface area (Å²) in [5.41, 5.74) is 5.07. The Morgan fingerprint density at radius 3 is 2.58 bits per heavy atom. The number of Topliss-reactive ketones (excluding diaryl/α,β-unsaturated/α-hetero) is 2.